The summed E-state index contributed by atoms with van der Waals surface area (Å²) in [7, 11) is 0. The first kappa shape index (κ1) is 17.6. The molecular formula is C20H21ClN2O2S. The van der Waals surface area contributed by atoms with Crippen molar-refractivity contribution in [2.24, 2.45) is 0 Å². The summed E-state index contributed by atoms with van der Waals surface area (Å²) in [6.45, 7) is 4.06. The van der Waals surface area contributed by atoms with Gasteiger partial charge in [-0.2, -0.15) is 0 Å². The smallest absolute Gasteiger partial charge is 0.268 e. The molecule has 2 aromatic heterocycles. The van der Waals surface area contributed by atoms with Crippen molar-refractivity contribution in [1.82, 2.24) is 9.88 Å². The molecule has 1 unspecified atom stereocenters. The van der Waals surface area contributed by atoms with Crippen LogP contribution in [0.25, 0.3) is 10.2 Å². The van der Waals surface area contributed by atoms with E-state index in [0.717, 1.165) is 35.2 Å². The number of fused-ring (bicyclic) bond motifs is 1. The Morgan fingerprint density at radius 1 is 1.38 bits per heavy atom. The fourth-order valence-corrected chi connectivity index (χ4v) is 4.62. The van der Waals surface area contributed by atoms with Crippen LogP contribution in [0.5, 0.6) is 0 Å². The number of carbonyl (C=O) groups excluding carboxylic acids is 1. The number of nitrogens with zero attached hydrogens (tertiary/aromatic N) is 1. The predicted octanol–water partition coefficient (Wildman–Crippen LogP) is 4.62. The van der Waals surface area contributed by atoms with E-state index in [1.165, 1.54) is 4.88 Å². The van der Waals surface area contributed by atoms with Crippen molar-refractivity contribution >= 4 is 39.1 Å². The summed E-state index contributed by atoms with van der Waals surface area (Å²) in [6.07, 6.45) is 2.22. The third kappa shape index (κ3) is 3.65. The summed E-state index contributed by atoms with van der Waals surface area (Å²) < 4.78 is 8.81. The monoisotopic (exact) mass is 388 g/mol. The zero-order chi connectivity index (χ0) is 18.1. The Morgan fingerprint density at radius 2 is 2.27 bits per heavy atom. The molecule has 26 heavy (non-hydrogen) atoms. The van der Waals surface area contributed by atoms with E-state index in [1.807, 2.05) is 30.3 Å². The first-order chi connectivity index (χ1) is 12.6. The van der Waals surface area contributed by atoms with Crippen molar-refractivity contribution in [3.63, 3.8) is 0 Å². The van der Waals surface area contributed by atoms with Gasteiger partial charge in [-0.15, -0.1) is 11.3 Å². The van der Waals surface area contributed by atoms with E-state index in [0.29, 0.717) is 23.8 Å². The third-order valence-electron chi connectivity index (χ3n) is 4.69. The van der Waals surface area contributed by atoms with E-state index < -0.39 is 0 Å². The molecule has 4 rings (SSSR count). The molecule has 3 aromatic rings. The molecule has 1 aromatic carbocycles. The second kappa shape index (κ2) is 7.43. The molecule has 1 aliphatic heterocycles. The highest BCUT2D eigenvalue weighted by atomic mass is 35.5. The van der Waals surface area contributed by atoms with Crippen LogP contribution in [-0.2, 0) is 11.3 Å². The summed E-state index contributed by atoms with van der Waals surface area (Å²) in [5.41, 5.74) is 2.85. The lowest BCUT2D eigenvalue weighted by molar-refractivity contribution is 0.0851. The van der Waals surface area contributed by atoms with Gasteiger partial charge in [0.05, 0.1) is 16.3 Å². The lowest BCUT2D eigenvalue weighted by atomic mass is 10.2. The fourth-order valence-electron chi connectivity index (χ4n) is 3.44. The lowest BCUT2D eigenvalue weighted by Gasteiger charge is -2.13. The molecule has 3 heterocycles. The van der Waals surface area contributed by atoms with Crippen molar-refractivity contribution in [2.45, 2.75) is 32.4 Å². The summed E-state index contributed by atoms with van der Waals surface area (Å²) in [4.78, 5) is 14.1. The van der Waals surface area contributed by atoms with E-state index in [1.54, 1.807) is 11.3 Å². The largest absolute Gasteiger partial charge is 0.376 e. The van der Waals surface area contributed by atoms with Crippen LogP contribution >= 0.6 is 22.9 Å². The molecule has 1 fully saturated rings. The van der Waals surface area contributed by atoms with Crippen LogP contribution in [0.1, 0.15) is 33.8 Å². The molecule has 1 atom stereocenters. The first-order valence-electron chi connectivity index (χ1n) is 8.84. The number of amides is 1. The highest BCUT2D eigenvalue weighted by molar-refractivity contribution is 7.19. The minimum Gasteiger partial charge on any atom is -0.376 e. The molecule has 1 saturated heterocycles. The Hall–Kier alpha value is -1.82. The lowest BCUT2D eigenvalue weighted by Crippen LogP contribution is -2.33. The Morgan fingerprint density at radius 3 is 3.04 bits per heavy atom. The van der Waals surface area contributed by atoms with Crippen LogP contribution in [0.3, 0.4) is 0 Å². The number of nitrogens with one attached hydrogen (secondary N) is 1. The van der Waals surface area contributed by atoms with Gasteiger partial charge in [0.25, 0.3) is 5.91 Å². The maximum atomic E-state index is 12.8. The zero-order valence-corrected chi connectivity index (χ0v) is 16.2. The number of rotatable bonds is 5. The number of aryl methyl sites for hydroxylation is 1. The maximum Gasteiger partial charge on any atom is 0.268 e. The average Bonchev–Trinajstić information content (AvgIpc) is 3.31. The number of ether oxygens (including phenoxy) is 1. The Kier molecular flexibility index (Phi) is 5.02. The van der Waals surface area contributed by atoms with Gasteiger partial charge in [0, 0.05) is 29.6 Å². The molecule has 0 aliphatic carbocycles. The Balaban J connectivity index is 1.62. The number of halogens is 1. The van der Waals surface area contributed by atoms with Crippen LogP contribution in [0, 0.1) is 6.92 Å². The van der Waals surface area contributed by atoms with Gasteiger partial charge in [-0.25, -0.2) is 0 Å². The normalized spacial score (nSPS) is 17.1. The van der Waals surface area contributed by atoms with E-state index in [-0.39, 0.29) is 12.0 Å². The van der Waals surface area contributed by atoms with Crippen molar-refractivity contribution in [1.29, 1.82) is 0 Å². The maximum absolute atomic E-state index is 12.8. The van der Waals surface area contributed by atoms with Crippen molar-refractivity contribution in [2.75, 3.05) is 13.2 Å². The van der Waals surface area contributed by atoms with E-state index in [2.05, 4.69) is 22.9 Å². The molecule has 0 radical (unpaired) electrons. The van der Waals surface area contributed by atoms with Crippen molar-refractivity contribution in [3.05, 3.63) is 57.6 Å². The highest BCUT2D eigenvalue weighted by Gasteiger charge is 2.20. The minimum absolute atomic E-state index is 0.0522. The topological polar surface area (TPSA) is 43.3 Å². The molecular weight excluding hydrogens is 368 g/mol. The second-order valence-corrected chi connectivity index (χ2v) is 8.42. The number of thiophene rings is 1. The number of aromatic nitrogens is 1. The third-order valence-corrected chi connectivity index (χ3v) is 5.91. The molecule has 0 spiro atoms. The molecule has 0 bridgehead atoms. The quantitative estimate of drug-likeness (QED) is 0.692. The fraction of sp³-hybridized carbons (Fsp3) is 0.350. The van der Waals surface area contributed by atoms with E-state index >= 15 is 0 Å². The van der Waals surface area contributed by atoms with Gasteiger partial charge in [-0.1, -0.05) is 23.7 Å². The van der Waals surface area contributed by atoms with Crippen LogP contribution in [0.2, 0.25) is 5.02 Å². The zero-order valence-electron chi connectivity index (χ0n) is 14.6. The van der Waals surface area contributed by atoms with Crippen molar-refractivity contribution in [3.8, 4) is 0 Å². The molecule has 1 amide bonds. The predicted molar refractivity (Wildman–Crippen MR) is 106 cm³/mol. The summed E-state index contributed by atoms with van der Waals surface area (Å²) in [5, 5.41) is 3.74. The van der Waals surface area contributed by atoms with Crippen LogP contribution in [0.4, 0.5) is 0 Å². The molecule has 0 saturated carbocycles. The van der Waals surface area contributed by atoms with Gasteiger partial charge in [0.15, 0.2) is 0 Å². The van der Waals surface area contributed by atoms with Crippen LogP contribution < -0.4 is 5.32 Å². The number of benzene rings is 1. The first-order valence-corrected chi connectivity index (χ1v) is 10.0. The van der Waals surface area contributed by atoms with Gasteiger partial charge in [-0.05, 0) is 49.6 Å². The summed E-state index contributed by atoms with van der Waals surface area (Å²) in [6, 6.07) is 11.9. The van der Waals surface area contributed by atoms with Gasteiger partial charge in [0.2, 0.25) is 0 Å². The SMILES string of the molecule is Cc1cc2c(cc(C(=O)NCC3CCCO3)n2Cc2cccc(Cl)c2)s1. The molecule has 1 aliphatic rings. The summed E-state index contributed by atoms with van der Waals surface area (Å²) in [5.74, 6) is -0.0522. The van der Waals surface area contributed by atoms with Crippen molar-refractivity contribution < 1.29 is 9.53 Å². The minimum atomic E-state index is -0.0522. The van der Waals surface area contributed by atoms with Crippen LogP contribution in [0.15, 0.2) is 36.4 Å². The van der Waals surface area contributed by atoms with Gasteiger partial charge < -0.3 is 14.6 Å². The van der Waals surface area contributed by atoms with Gasteiger partial charge in [-0.3, -0.25) is 4.79 Å². The van der Waals surface area contributed by atoms with Gasteiger partial charge in [0.1, 0.15) is 5.69 Å². The molecule has 6 heteroatoms. The van der Waals surface area contributed by atoms with Gasteiger partial charge >= 0.3 is 0 Å². The highest BCUT2D eigenvalue weighted by Crippen LogP contribution is 2.29. The molecule has 1 N–H and O–H groups in total. The number of hydrogen-bond acceptors (Lipinski definition) is 3. The number of hydrogen-bond donors (Lipinski definition) is 1. The molecule has 4 nitrogen and oxygen atoms in total. The standard InChI is InChI=1S/C20H21ClN2O2S/c1-13-8-17-19(26-13)10-18(20(24)22-11-16-6-3-7-25-16)23(17)12-14-4-2-5-15(21)9-14/h2,4-5,8-10,16H,3,6-7,11-12H2,1H3,(H,22,24). The van der Waals surface area contributed by atoms with E-state index in [4.69, 9.17) is 16.3 Å². The Labute approximate surface area is 161 Å². The number of carbonyl (C=O) groups is 1. The second-order valence-electron chi connectivity index (χ2n) is 6.70. The van der Waals surface area contributed by atoms with E-state index in [9.17, 15) is 4.79 Å². The van der Waals surface area contributed by atoms with Crippen LogP contribution in [-0.4, -0.2) is 29.7 Å². The molecule has 136 valence electrons. The Bertz CT molecular complexity index is 941. The summed E-state index contributed by atoms with van der Waals surface area (Å²) >= 11 is 7.84. The average molecular weight is 389 g/mol.